The van der Waals surface area contributed by atoms with E-state index >= 15 is 0 Å². The van der Waals surface area contributed by atoms with E-state index in [1.807, 2.05) is 6.92 Å². The molecule has 0 radical (unpaired) electrons. The molecule has 0 amide bonds. The van der Waals surface area contributed by atoms with Gasteiger partial charge in [-0.3, -0.25) is 0 Å². The van der Waals surface area contributed by atoms with Gasteiger partial charge >= 0.3 is 5.97 Å². The van der Waals surface area contributed by atoms with Gasteiger partial charge in [-0.05, 0) is 37.1 Å². The Hall–Kier alpha value is -1.44. The van der Waals surface area contributed by atoms with Crippen molar-refractivity contribution in [3.05, 3.63) is 29.8 Å². The van der Waals surface area contributed by atoms with Gasteiger partial charge in [0, 0.05) is 19.1 Å². The number of ether oxygens (including phenoxy) is 1. The average Bonchev–Trinajstić information content (AvgIpc) is 2.93. The number of rotatable bonds is 6. The first-order valence-corrected chi connectivity index (χ1v) is 8.37. The summed E-state index contributed by atoms with van der Waals surface area (Å²) in [6, 6.07) is 5.16. The Morgan fingerprint density at radius 3 is 2.62 bits per heavy atom. The topological polar surface area (TPSA) is 92.7 Å². The molecule has 2 rings (SSSR count). The Labute approximate surface area is 124 Å². The van der Waals surface area contributed by atoms with Gasteiger partial charge in [0.1, 0.15) is 0 Å². The van der Waals surface area contributed by atoms with Crippen molar-refractivity contribution in [2.45, 2.75) is 30.8 Å². The maximum atomic E-state index is 12.2. The van der Waals surface area contributed by atoms with Gasteiger partial charge in [-0.1, -0.05) is 6.92 Å². The van der Waals surface area contributed by atoms with E-state index in [-0.39, 0.29) is 22.5 Å². The zero-order valence-corrected chi connectivity index (χ0v) is 12.6. The third-order valence-electron chi connectivity index (χ3n) is 3.70. The molecule has 1 fully saturated rings. The molecule has 1 aliphatic heterocycles. The van der Waals surface area contributed by atoms with E-state index in [9.17, 15) is 13.2 Å². The van der Waals surface area contributed by atoms with E-state index in [4.69, 9.17) is 9.84 Å². The van der Waals surface area contributed by atoms with Crippen molar-refractivity contribution in [2.75, 3.05) is 13.2 Å². The molecule has 21 heavy (non-hydrogen) atoms. The lowest BCUT2D eigenvalue weighted by Gasteiger charge is -2.17. The van der Waals surface area contributed by atoms with Crippen molar-refractivity contribution in [3.63, 3.8) is 0 Å². The van der Waals surface area contributed by atoms with Crippen molar-refractivity contribution >= 4 is 16.0 Å². The number of carbonyl (C=O) groups is 1. The molecule has 1 aromatic rings. The van der Waals surface area contributed by atoms with Crippen molar-refractivity contribution in [3.8, 4) is 0 Å². The number of nitrogens with one attached hydrogen (secondary N) is 1. The first-order chi connectivity index (χ1) is 9.94. The van der Waals surface area contributed by atoms with Gasteiger partial charge in [0.25, 0.3) is 0 Å². The minimum absolute atomic E-state index is 0.0594. The van der Waals surface area contributed by atoms with Crippen molar-refractivity contribution in [2.24, 2.45) is 5.92 Å². The molecule has 0 bridgehead atoms. The monoisotopic (exact) mass is 313 g/mol. The summed E-state index contributed by atoms with van der Waals surface area (Å²) in [7, 11) is -3.62. The molecule has 6 nitrogen and oxygen atoms in total. The lowest BCUT2D eigenvalue weighted by Crippen LogP contribution is -2.32. The van der Waals surface area contributed by atoms with Crippen molar-refractivity contribution in [1.82, 2.24) is 4.72 Å². The normalized spacial score (nSPS) is 22.3. The molecule has 7 heteroatoms. The van der Waals surface area contributed by atoms with Crippen LogP contribution in [0.15, 0.2) is 29.2 Å². The summed E-state index contributed by atoms with van der Waals surface area (Å²) >= 11 is 0. The molecule has 2 N–H and O–H groups in total. The predicted molar refractivity (Wildman–Crippen MR) is 76.7 cm³/mol. The standard InChI is InChI=1S/C14H19NO5S/c1-2-13-11(7-8-20-13)9-15-21(18,19)12-5-3-10(4-6-12)14(16)17/h3-6,11,13,15H,2,7-9H2,1H3,(H,16,17). The van der Waals surface area contributed by atoms with Crippen LogP contribution in [-0.2, 0) is 14.8 Å². The number of hydrogen-bond acceptors (Lipinski definition) is 4. The Balaban J connectivity index is 2.02. The maximum absolute atomic E-state index is 12.2. The summed E-state index contributed by atoms with van der Waals surface area (Å²) in [6.45, 7) is 3.02. The largest absolute Gasteiger partial charge is 0.478 e. The average molecular weight is 313 g/mol. The maximum Gasteiger partial charge on any atom is 0.335 e. The van der Waals surface area contributed by atoms with Crippen LogP contribution in [0.5, 0.6) is 0 Å². The first-order valence-electron chi connectivity index (χ1n) is 6.88. The zero-order valence-electron chi connectivity index (χ0n) is 11.8. The number of benzene rings is 1. The zero-order chi connectivity index (χ0) is 15.5. The molecule has 1 aliphatic rings. The van der Waals surface area contributed by atoms with Crippen LogP contribution in [0.1, 0.15) is 30.1 Å². The molecule has 0 spiro atoms. The lowest BCUT2D eigenvalue weighted by atomic mass is 10.0. The third kappa shape index (κ3) is 3.81. The fourth-order valence-corrected chi connectivity index (χ4v) is 3.55. The van der Waals surface area contributed by atoms with E-state index < -0.39 is 16.0 Å². The highest BCUT2D eigenvalue weighted by atomic mass is 32.2. The highest BCUT2D eigenvalue weighted by molar-refractivity contribution is 7.89. The van der Waals surface area contributed by atoms with Crippen LogP contribution in [0.3, 0.4) is 0 Å². The summed E-state index contributed by atoms with van der Waals surface area (Å²) < 4.78 is 32.4. The molecule has 2 unspecified atom stereocenters. The van der Waals surface area contributed by atoms with Gasteiger partial charge in [-0.15, -0.1) is 0 Å². The molecule has 0 aliphatic carbocycles. The molecule has 0 saturated carbocycles. The van der Waals surface area contributed by atoms with E-state index in [1.54, 1.807) is 0 Å². The number of hydrogen-bond donors (Lipinski definition) is 2. The smallest absolute Gasteiger partial charge is 0.335 e. The van der Waals surface area contributed by atoms with Crippen molar-refractivity contribution in [1.29, 1.82) is 0 Å². The molecule has 2 atom stereocenters. The van der Waals surface area contributed by atoms with Crippen LogP contribution in [0.25, 0.3) is 0 Å². The Morgan fingerprint density at radius 1 is 1.38 bits per heavy atom. The summed E-state index contributed by atoms with van der Waals surface area (Å²) in [6.07, 6.45) is 1.81. The number of sulfonamides is 1. The van der Waals surface area contributed by atoms with Crippen LogP contribution in [0.2, 0.25) is 0 Å². The van der Waals surface area contributed by atoms with Crippen molar-refractivity contribution < 1.29 is 23.1 Å². The molecule has 1 saturated heterocycles. The van der Waals surface area contributed by atoms with Gasteiger partial charge in [0.2, 0.25) is 10.0 Å². The van der Waals surface area contributed by atoms with E-state index in [0.717, 1.165) is 12.8 Å². The number of carboxylic acids is 1. The number of aromatic carboxylic acids is 1. The minimum Gasteiger partial charge on any atom is -0.478 e. The van der Waals surface area contributed by atoms with Gasteiger partial charge in [-0.25, -0.2) is 17.9 Å². The highest BCUT2D eigenvalue weighted by Gasteiger charge is 2.28. The van der Waals surface area contributed by atoms with Gasteiger partial charge < -0.3 is 9.84 Å². The summed E-state index contributed by atoms with van der Waals surface area (Å²) in [5.41, 5.74) is 0.0594. The van der Waals surface area contributed by atoms with E-state index in [0.29, 0.717) is 13.2 Å². The summed E-state index contributed by atoms with van der Waals surface area (Å²) in [5.74, 6) is -0.899. The SMILES string of the molecule is CCC1OCCC1CNS(=O)(=O)c1ccc(C(=O)O)cc1. The second-order valence-electron chi connectivity index (χ2n) is 5.05. The van der Waals surface area contributed by atoms with Crippen LogP contribution in [0, 0.1) is 5.92 Å². The Morgan fingerprint density at radius 2 is 2.05 bits per heavy atom. The fourth-order valence-electron chi connectivity index (χ4n) is 2.45. The lowest BCUT2D eigenvalue weighted by molar-refractivity contribution is 0.0696. The van der Waals surface area contributed by atoms with Gasteiger partial charge in [0.05, 0.1) is 16.6 Å². The molecular formula is C14H19NO5S. The third-order valence-corrected chi connectivity index (χ3v) is 5.14. The number of carboxylic acid groups (broad SMARTS) is 1. The molecule has 116 valence electrons. The van der Waals surface area contributed by atoms with Crippen LogP contribution >= 0.6 is 0 Å². The molecule has 0 aromatic heterocycles. The van der Waals surface area contributed by atoms with Crippen LogP contribution in [-0.4, -0.2) is 38.7 Å². The predicted octanol–water partition coefficient (Wildman–Crippen LogP) is 1.48. The highest BCUT2D eigenvalue weighted by Crippen LogP contribution is 2.23. The fraction of sp³-hybridized carbons (Fsp3) is 0.500. The van der Waals surface area contributed by atoms with Gasteiger partial charge in [0.15, 0.2) is 0 Å². The molecule has 1 aromatic carbocycles. The summed E-state index contributed by atoms with van der Waals surface area (Å²) in [4.78, 5) is 10.8. The van der Waals surface area contributed by atoms with Crippen LogP contribution < -0.4 is 4.72 Å². The summed E-state index contributed by atoms with van der Waals surface area (Å²) in [5, 5.41) is 8.80. The second-order valence-corrected chi connectivity index (χ2v) is 6.81. The Kier molecular flexibility index (Phi) is 4.97. The second kappa shape index (κ2) is 6.55. The van der Waals surface area contributed by atoms with Crippen LogP contribution in [0.4, 0.5) is 0 Å². The van der Waals surface area contributed by atoms with Gasteiger partial charge in [-0.2, -0.15) is 0 Å². The van der Waals surface area contributed by atoms with E-state index in [1.165, 1.54) is 24.3 Å². The quantitative estimate of drug-likeness (QED) is 0.830. The van der Waals surface area contributed by atoms with E-state index in [2.05, 4.69) is 4.72 Å². The molecule has 1 heterocycles. The Bertz CT molecular complexity index is 596. The minimum atomic E-state index is -3.62. The molecular weight excluding hydrogens is 294 g/mol. The first kappa shape index (κ1) is 15.9.